The lowest BCUT2D eigenvalue weighted by Crippen LogP contribution is -2.52. The maximum Gasteiger partial charge on any atom is 0.401 e. The molecule has 4 amide bonds. The van der Waals surface area contributed by atoms with Crippen LogP contribution < -0.4 is 10.2 Å². The Hall–Kier alpha value is -5.35. The van der Waals surface area contributed by atoms with Crippen molar-refractivity contribution >= 4 is 40.2 Å². The number of alkyl halides is 3. The van der Waals surface area contributed by atoms with Crippen LogP contribution in [0, 0.1) is 5.41 Å². The van der Waals surface area contributed by atoms with Gasteiger partial charge in [-0.05, 0) is 103 Å². The molecule has 6 aliphatic heterocycles. The average molecular weight is 824 g/mol. The first-order chi connectivity index (χ1) is 28.8. The third-order valence-electron chi connectivity index (χ3n) is 14.2. The van der Waals surface area contributed by atoms with Crippen LogP contribution in [-0.2, 0) is 40.4 Å². The number of hydrogen-bond donors (Lipinski definition) is 2. The first-order valence-electron chi connectivity index (χ1n) is 21.1. The molecule has 1 spiro atoms. The third kappa shape index (κ3) is 7.00. The standard InChI is InChI=1S/C44H48F3N9O4/c1-26-16-33-31(3-5-35-34(33)20-49-51-35)40(56(26)25-44(45,46)47)36-4-2-30(19-48-36)53-12-8-43(9-13-53)10-14-54(15-11-43)39(58)24-52-21-27-17-29-23-55(37-6-7-38(57)50-41(37)59)42(60)32(29)18-28(27)22-52/h2-5,17-20,26,37,40H,6-16,21-25H2,1H3,(H,49,51)(H,50,57,59)/t26-,37?,40+/m1/s1. The highest BCUT2D eigenvalue weighted by Crippen LogP contribution is 2.44. The maximum atomic E-state index is 13.9. The Balaban J connectivity index is 0.733. The van der Waals surface area contributed by atoms with E-state index in [1.807, 2.05) is 54.4 Å². The Morgan fingerprint density at radius 1 is 0.917 bits per heavy atom. The lowest BCUT2D eigenvalue weighted by molar-refractivity contribution is -0.155. The fourth-order valence-electron chi connectivity index (χ4n) is 10.9. The number of hydrogen-bond acceptors (Lipinski definition) is 9. The SMILES string of the molecule is C[C@@H]1Cc2c(ccc3[nH]ncc23)[C@@H](c2ccc(N3CCC4(CCN(C(=O)CN5Cc6cc7c(cc6C5)C(=O)N(C5CCC(=O)NC5=O)C7)CC4)CC3)cn2)N1CC(F)(F)F. The van der Waals surface area contributed by atoms with Gasteiger partial charge in [0.25, 0.3) is 5.91 Å². The lowest BCUT2D eigenvalue weighted by Gasteiger charge is -2.47. The molecular formula is C44H48F3N9O4. The number of anilines is 1. The summed E-state index contributed by atoms with van der Waals surface area (Å²) < 4.78 is 41.7. The van der Waals surface area contributed by atoms with E-state index in [0.717, 1.165) is 96.3 Å². The number of carbonyl (C=O) groups is 4. The van der Waals surface area contributed by atoms with Crippen molar-refractivity contribution in [1.29, 1.82) is 0 Å². The van der Waals surface area contributed by atoms with Gasteiger partial charge >= 0.3 is 6.18 Å². The summed E-state index contributed by atoms with van der Waals surface area (Å²) in [7, 11) is 0. The van der Waals surface area contributed by atoms with Crippen LogP contribution in [0.15, 0.2) is 48.8 Å². The van der Waals surface area contributed by atoms with Crippen LogP contribution in [0.4, 0.5) is 18.9 Å². The zero-order chi connectivity index (χ0) is 41.5. The molecule has 314 valence electrons. The summed E-state index contributed by atoms with van der Waals surface area (Å²) in [6.07, 6.45) is 4.14. The zero-order valence-electron chi connectivity index (χ0n) is 33.6. The van der Waals surface area contributed by atoms with Crippen molar-refractivity contribution < 1.29 is 32.3 Å². The molecule has 0 aliphatic carbocycles. The molecule has 4 aromatic rings. The van der Waals surface area contributed by atoms with Gasteiger partial charge in [-0.25, -0.2) is 0 Å². The Morgan fingerprint density at radius 3 is 2.38 bits per heavy atom. The average Bonchev–Trinajstić information content (AvgIpc) is 3.94. The van der Waals surface area contributed by atoms with Gasteiger partial charge in [0.05, 0.1) is 48.4 Å². The van der Waals surface area contributed by atoms with Crippen LogP contribution >= 0.6 is 0 Å². The van der Waals surface area contributed by atoms with Gasteiger partial charge in [-0.2, -0.15) is 18.3 Å². The molecule has 6 aliphatic rings. The van der Waals surface area contributed by atoms with E-state index < -0.39 is 30.7 Å². The largest absolute Gasteiger partial charge is 0.401 e. The molecule has 0 bridgehead atoms. The number of nitrogens with one attached hydrogen (secondary N) is 2. The number of aromatic nitrogens is 3. The fourth-order valence-corrected chi connectivity index (χ4v) is 10.9. The van der Waals surface area contributed by atoms with E-state index in [9.17, 15) is 32.3 Å². The molecule has 3 saturated heterocycles. The number of rotatable bonds is 6. The second kappa shape index (κ2) is 14.7. The number of amides is 4. The van der Waals surface area contributed by atoms with E-state index in [0.29, 0.717) is 50.3 Å². The van der Waals surface area contributed by atoms with Gasteiger partial charge < -0.3 is 14.7 Å². The fraction of sp³-hybridized carbons (Fsp3) is 0.500. The van der Waals surface area contributed by atoms with Crippen LogP contribution in [0.1, 0.15) is 95.4 Å². The van der Waals surface area contributed by atoms with Gasteiger partial charge in [-0.3, -0.25) is 44.4 Å². The Labute approximate surface area is 345 Å². The molecule has 1 unspecified atom stereocenters. The first-order valence-corrected chi connectivity index (χ1v) is 21.1. The maximum absolute atomic E-state index is 13.9. The summed E-state index contributed by atoms with van der Waals surface area (Å²) >= 11 is 0. The van der Waals surface area contributed by atoms with E-state index in [-0.39, 0.29) is 35.6 Å². The van der Waals surface area contributed by atoms with E-state index in [2.05, 4.69) is 25.3 Å². The Morgan fingerprint density at radius 2 is 1.67 bits per heavy atom. The first kappa shape index (κ1) is 38.8. The second-order valence-electron chi connectivity index (χ2n) is 17.8. The molecule has 60 heavy (non-hydrogen) atoms. The molecule has 2 aromatic carbocycles. The van der Waals surface area contributed by atoms with Crippen molar-refractivity contribution in [3.05, 3.63) is 87.9 Å². The number of aromatic amines is 1. The summed E-state index contributed by atoms with van der Waals surface area (Å²) in [6, 6.07) is 10.0. The van der Waals surface area contributed by atoms with Crippen molar-refractivity contribution in [2.75, 3.05) is 44.2 Å². The second-order valence-corrected chi connectivity index (χ2v) is 17.8. The minimum atomic E-state index is -4.35. The lowest BCUT2D eigenvalue weighted by atomic mass is 9.71. The molecule has 0 saturated carbocycles. The number of piperidine rings is 3. The highest BCUT2D eigenvalue weighted by Gasteiger charge is 2.44. The minimum Gasteiger partial charge on any atom is -0.370 e. The van der Waals surface area contributed by atoms with Crippen LogP contribution in [-0.4, -0.2) is 116 Å². The molecule has 2 N–H and O–H groups in total. The third-order valence-corrected chi connectivity index (χ3v) is 14.2. The Bertz CT molecular complexity index is 2380. The van der Waals surface area contributed by atoms with Gasteiger partial charge in [0.15, 0.2) is 0 Å². The normalized spacial score (nSPS) is 24.6. The molecule has 10 rings (SSSR count). The summed E-state index contributed by atoms with van der Waals surface area (Å²) in [5.74, 6) is -0.796. The molecular weight excluding hydrogens is 776 g/mol. The predicted molar refractivity (Wildman–Crippen MR) is 214 cm³/mol. The van der Waals surface area contributed by atoms with Crippen molar-refractivity contribution in [2.45, 2.75) is 95.8 Å². The van der Waals surface area contributed by atoms with Crippen molar-refractivity contribution in [3.63, 3.8) is 0 Å². The van der Waals surface area contributed by atoms with E-state index in [4.69, 9.17) is 4.98 Å². The number of fused-ring (bicyclic) bond motifs is 5. The van der Waals surface area contributed by atoms with Gasteiger partial charge in [-0.15, -0.1) is 0 Å². The number of carbonyl (C=O) groups excluding carboxylic acids is 4. The zero-order valence-corrected chi connectivity index (χ0v) is 33.6. The number of pyridine rings is 1. The summed E-state index contributed by atoms with van der Waals surface area (Å²) in [5, 5.41) is 10.5. The molecule has 16 heteroatoms. The number of halogens is 3. The number of benzene rings is 2. The monoisotopic (exact) mass is 823 g/mol. The molecule has 3 fully saturated rings. The molecule has 8 heterocycles. The van der Waals surface area contributed by atoms with Gasteiger partial charge in [-0.1, -0.05) is 12.1 Å². The molecule has 2 aromatic heterocycles. The minimum absolute atomic E-state index is 0.117. The summed E-state index contributed by atoms with van der Waals surface area (Å²) in [6.45, 7) is 5.82. The highest BCUT2D eigenvalue weighted by molar-refractivity contribution is 6.05. The number of nitrogens with zero attached hydrogens (tertiary/aromatic N) is 7. The van der Waals surface area contributed by atoms with Crippen molar-refractivity contribution in [3.8, 4) is 0 Å². The topological polar surface area (TPSA) is 138 Å². The quantitative estimate of drug-likeness (QED) is 0.262. The summed E-state index contributed by atoms with van der Waals surface area (Å²) in [5.41, 5.74) is 8.05. The molecule has 13 nitrogen and oxygen atoms in total. The van der Waals surface area contributed by atoms with E-state index in [1.54, 1.807) is 11.1 Å². The summed E-state index contributed by atoms with van der Waals surface area (Å²) in [4.78, 5) is 65.4. The molecule has 3 atom stereocenters. The number of likely N-dealkylation sites (tertiary alicyclic amines) is 1. The number of H-pyrrole nitrogens is 1. The van der Waals surface area contributed by atoms with Crippen LogP contribution in [0.2, 0.25) is 0 Å². The van der Waals surface area contributed by atoms with Gasteiger partial charge in [0.1, 0.15) is 6.04 Å². The smallest absolute Gasteiger partial charge is 0.370 e. The van der Waals surface area contributed by atoms with Crippen molar-refractivity contribution in [1.82, 2.24) is 40.1 Å². The van der Waals surface area contributed by atoms with E-state index >= 15 is 0 Å². The van der Waals surface area contributed by atoms with Gasteiger partial charge in [0, 0.05) is 69.2 Å². The van der Waals surface area contributed by atoms with Gasteiger partial charge in [0.2, 0.25) is 17.7 Å². The predicted octanol–water partition coefficient (Wildman–Crippen LogP) is 4.84. The van der Waals surface area contributed by atoms with Crippen LogP contribution in [0.3, 0.4) is 0 Å². The molecule has 0 radical (unpaired) electrons. The van der Waals surface area contributed by atoms with Crippen molar-refractivity contribution in [2.24, 2.45) is 5.41 Å². The Kier molecular flexibility index (Phi) is 9.50. The van der Waals surface area contributed by atoms with E-state index in [1.165, 1.54) is 4.90 Å². The van der Waals surface area contributed by atoms with Crippen LogP contribution in [0.25, 0.3) is 10.9 Å². The van der Waals surface area contributed by atoms with Crippen LogP contribution in [0.5, 0.6) is 0 Å². The number of imide groups is 1. The highest BCUT2D eigenvalue weighted by atomic mass is 19.4.